The summed E-state index contributed by atoms with van der Waals surface area (Å²) >= 11 is 0. The Hall–Kier alpha value is -2.19. The summed E-state index contributed by atoms with van der Waals surface area (Å²) in [6.07, 6.45) is -0.552. The number of carbonyl (C=O) groups is 1. The van der Waals surface area contributed by atoms with E-state index in [0.29, 0.717) is 63.1 Å². The molecule has 4 rings (SSSR count). The summed E-state index contributed by atoms with van der Waals surface area (Å²) in [6.45, 7) is 3.63. The van der Waals surface area contributed by atoms with Crippen molar-refractivity contribution in [2.45, 2.75) is 6.10 Å². The summed E-state index contributed by atoms with van der Waals surface area (Å²) in [7, 11) is 0. The molecular weight excluding hydrogens is 317 g/mol. The summed E-state index contributed by atoms with van der Waals surface area (Å²) in [4.78, 5) is 20.6. The molecule has 1 atom stereocenters. The minimum Gasteiger partial charge on any atom is -0.423 e. The lowest BCUT2D eigenvalue weighted by Crippen LogP contribution is -2.53. The Morgan fingerprint density at radius 1 is 1.21 bits per heavy atom. The number of morpholine rings is 2. The molecule has 2 aromatic rings. The van der Waals surface area contributed by atoms with Crippen molar-refractivity contribution >= 4 is 23.0 Å². The van der Waals surface area contributed by atoms with Gasteiger partial charge in [0.05, 0.1) is 26.4 Å². The Bertz CT molecular complexity index is 744. The Balaban J connectivity index is 1.50. The zero-order valence-corrected chi connectivity index (χ0v) is 13.1. The molecule has 1 aromatic heterocycles. The first-order chi connectivity index (χ1) is 11.7. The molecule has 1 amide bonds. The Morgan fingerprint density at radius 2 is 2.04 bits per heavy atom. The van der Waals surface area contributed by atoms with Gasteiger partial charge in [0, 0.05) is 25.7 Å². The third-order valence-corrected chi connectivity index (χ3v) is 4.27. The molecule has 7 nitrogen and oxygen atoms in total. The van der Waals surface area contributed by atoms with Gasteiger partial charge in [-0.25, -0.2) is 4.39 Å². The van der Waals surface area contributed by atoms with Gasteiger partial charge in [0.25, 0.3) is 11.9 Å². The summed E-state index contributed by atoms with van der Waals surface area (Å²) < 4.78 is 29.8. The van der Waals surface area contributed by atoms with Crippen LogP contribution in [0, 0.1) is 5.82 Å². The second-order valence-corrected chi connectivity index (χ2v) is 5.85. The van der Waals surface area contributed by atoms with E-state index in [1.165, 1.54) is 12.1 Å². The molecule has 3 heterocycles. The molecule has 0 saturated carbocycles. The smallest absolute Gasteiger partial charge is 0.298 e. The van der Waals surface area contributed by atoms with Crippen LogP contribution in [0.3, 0.4) is 0 Å². The van der Waals surface area contributed by atoms with E-state index in [4.69, 9.17) is 13.9 Å². The molecule has 2 aliphatic rings. The molecule has 0 radical (unpaired) electrons. The van der Waals surface area contributed by atoms with E-state index in [9.17, 15) is 9.18 Å². The maximum Gasteiger partial charge on any atom is 0.298 e. The maximum atomic E-state index is 13.3. The van der Waals surface area contributed by atoms with Gasteiger partial charge >= 0.3 is 0 Å². The number of fused-ring (bicyclic) bond motifs is 1. The second-order valence-electron chi connectivity index (χ2n) is 5.85. The highest BCUT2D eigenvalue weighted by Crippen LogP contribution is 2.24. The van der Waals surface area contributed by atoms with Crippen LogP contribution in [0.15, 0.2) is 22.6 Å². The molecule has 1 aromatic carbocycles. The number of aromatic nitrogens is 1. The SMILES string of the molecule is O=C(C1CN(c2nc3ccc(F)cc3o2)CCO1)N1CCOCC1. The van der Waals surface area contributed by atoms with Crippen LogP contribution in [-0.2, 0) is 14.3 Å². The van der Waals surface area contributed by atoms with Crippen molar-refractivity contribution in [1.82, 2.24) is 9.88 Å². The molecular formula is C16H18FN3O4. The number of oxazole rings is 1. The molecule has 0 aliphatic carbocycles. The fourth-order valence-electron chi connectivity index (χ4n) is 2.98. The molecule has 0 N–H and O–H groups in total. The van der Waals surface area contributed by atoms with Crippen LogP contribution >= 0.6 is 0 Å². The lowest BCUT2D eigenvalue weighted by Gasteiger charge is -2.35. The number of nitrogens with zero attached hydrogens (tertiary/aromatic N) is 3. The van der Waals surface area contributed by atoms with Gasteiger partial charge in [0.1, 0.15) is 11.3 Å². The first kappa shape index (κ1) is 15.3. The van der Waals surface area contributed by atoms with Crippen LogP contribution in [0.1, 0.15) is 0 Å². The Kier molecular flexibility index (Phi) is 4.07. The topological polar surface area (TPSA) is 68.0 Å². The largest absolute Gasteiger partial charge is 0.423 e. The highest BCUT2D eigenvalue weighted by Gasteiger charge is 2.32. The molecule has 2 fully saturated rings. The number of anilines is 1. The van der Waals surface area contributed by atoms with Gasteiger partial charge in [-0.1, -0.05) is 0 Å². The molecule has 2 aliphatic heterocycles. The van der Waals surface area contributed by atoms with Gasteiger partial charge in [-0.3, -0.25) is 4.79 Å². The van der Waals surface area contributed by atoms with Gasteiger partial charge in [0.2, 0.25) is 0 Å². The van der Waals surface area contributed by atoms with Crippen LogP contribution in [0.5, 0.6) is 0 Å². The summed E-state index contributed by atoms with van der Waals surface area (Å²) in [5, 5.41) is 0. The predicted molar refractivity (Wildman–Crippen MR) is 83.3 cm³/mol. The lowest BCUT2D eigenvalue weighted by atomic mass is 10.2. The van der Waals surface area contributed by atoms with E-state index in [1.807, 2.05) is 4.90 Å². The number of ether oxygens (including phenoxy) is 2. The molecule has 128 valence electrons. The van der Waals surface area contributed by atoms with E-state index in [1.54, 1.807) is 11.0 Å². The number of benzene rings is 1. The fourth-order valence-corrected chi connectivity index (χ4v) is 2.98. The van der Waals surface area contributed by atoms with Crippen molar-refractivity contribution in [3.05, 3.63) is 24.0 Å². The highest BCUT2D eigenvalue weighted by atomic mass is 19.1. The first-order valence-electron chi connectivity index (χ1n) is 8.00. The predicted octanol–water partition coefficient (Wildman–Crippen LogP) is 1.03. The summed E-state index contributed by atoms with van der Waals surface area (Å²) in [6, 6.07) is 4.62. The average Bonchev–Trinajstić information content (AvgIpc) is 3.05. The molecule has 2 saturated heterocycles. The molecule has 8 heteroatoms. The van der Waals surface area contributed by atoms with E-state index in [0.717, 1.165) is 0 Å². The van der Waals surface area contributed by atoms with Gasteiger partial charge in [0.15, 0.2) is 11.7 Å². The number of halogens is 1. The van der Waals surface area contributed by atoms with Crippen molar-refractivity contribution < 1.29 is 23.1 Å². The zero-order valence-electron chi connectivity index (χ0n) is 13.1. The van der Waals surface area contributed by atoms with Crippen molar-refractivity contribution in [2.75, 3.05) is 50.9 Å². The number of amides is 1. The highest BCUT2D eigenvalue weighted by molar-refractivity contribution is 5.82. The quantitative estimate of drug-likeness (QED) is 0.817. The monoisotopic (exact) mass is 335 g/mol. The lowest BCUT2D eigenvalue weighted by molar-refractivity contribution is -0.148. The first-order valence-corrected chi connectivity index (χ1v) is 8.00. The zero-order chi connectivity index (χ0) is 16.5. The van der Waals surface area contributed by atoms with Crippen LogP contribution < -0.4 is 4.90 Å². The standard InChI is InChI=1S/C16H18FN3O4/c17-11-1-2-12-13(9-11)24-16(18-12)20-5-8-23-14(10-20)15(21)19-3-6-22-7-4-19/h1-2,9,14H,3-8,10H2. The molecule has 0 bridgehead atoms. The van der Waals surface area contributed by atoms with Gasteiger partial charge in [-0.2, -0.15) is 4.98 Å². The normalized spacial score (nSPS) is 22.1. The average molecular weight is 335 g/mol. The van der Waals surface area contributed by atoms with E-state index in [-0.39, 0.29) is 11.7 Å². The van der Waals surface area contributed by atoms with Crippen molar-refractivity contribution in [3.8, 4) is 0 Å². The van der Waals surface area contributed by atoms with Crippen LogP contribution in [0.2, 0.25) is 0 Å². The number of carbonyl (C=O) groups excluding carboxylic acids is 1. The van der Waals surface area contributed by atoms with Gasteiger partial charge in [-0.15, -0.1) is 0 Å². The van der Waals surface area contributed by atoms with Crippen LogP contribution in [0.4, 0.5) is 10.4 Å². The molecule has 24 heavy (non-hydrogen) atoms. The maximum absolute atomic E-state index is 13.3. The second kappa shape index (κ2) is 6.37. The number of rotatable bonds is 2. The van der Waals surface area contributed by atoms with Crippen molar-refractivity contribution in [2.24, 2.45) is 0 Å². The third kappa shape index (κ3) is 2.94. The fraction of sp³-hybridized carbons (Fsp3) is 0.500. The van der Waals surface area contributed by atoms with E-state index < -0.39 is 6.10 Å². The minimum atomic E-state index is -0.552. The van der Waals surface area contributed by atoms with Crippen LogP contribution in [-0.4, -0.2) is 67.9 Å². The van der Waals surface area contributed by atoms with Crippen molar-refractivity contribution in [3.63, 3.8) is 0 Å². The number of hydrogen-bond donors (Lipinski definition) is 0. The van der Waals surface area contributed by atoms with Gasteiger partial charge in [-0.05, 0) is 12.1 Å². The third-order valence-electron chi connectivity index (χ3n) is 4.27. The summed E-state index contributed by atoms with van der Waals surface area (Å²) in [5.41, 5.74) is 0.987. The Morgan fingerprint density at radius 3 is 2.88 bits per heavy atom. The summed E-state index contributed by atoms with van der Waals surface area (Å²) in [5.74, 6) is -0.405. The van der Waals surface area contributed by atoms with Crippen LogP contribution in [0.25, 0.3) is 11.1 Å². The van der Waals surface area contributed by atoms with Crippen molar-refractivity contribution in [1.29, 1.82) is 0 Å². The Labute approximate surface area is 137 Å². The minimum absolute atomic E-state index is 0.0369. The number of hydrogen-bond acceptors (Lipinski definition) is 6. The van der Waals surface area contributed by atoms with E-state index >= 15 is 0 Å². The van der Waals surface area contributed by atoms with Gasteiger partial charge < -0.3 is 23.7 Å². The van der Waals surface area contributed by atoms with E-state index in [2.05, 4.69) is 4.98 Å². The molecule has 0 spiro atoms. The molecule has 1 unspecified atom stereocenters.